The molecule has 0 radical (unpaired) electrons. The maximum Gasteiger partial charge on any atom is 0.226 e. The third-order valence-corrected chi connectivity index (χ3v) is 4.61. The van der Waals surface area contributed by atoms with Gasteiger partial charge >= 0.3 is 0 Å². The van der Waals surface area contributed by atoms with Gasteiger partial charge in [-0.1, -0.05) is 69.3 Å². The van der Waals surface area contributed by atoms with E-state index in [-0.39, 0.29) is 17.4 Å². The highest BCUT2D eigenvalue weighted by atomic mass is 16.2. The summed E-state index contributed by atoms with van der Waals surface area (Å²) in [5.74, 6) is 0.113. The molecule has 3 rings (SSSR count). The number of nitrogens with one attached hydrogen (secondary N) is 1. The van der Waals surface area contributed by atoms with Crippen LogP contribution in [0.15, 0.2) is 48.5 Å². The molecule has 0 saturated carbocycles. The zero-order chi connectivity index (χ0) is 15.0. The molecule has 1 aliphatic carbocycles. The maximum atomic E-state index is 12.6. The number of fused-ring (bicyclic) bond motifs is 3. The normalized spacial score (nSPS) is 13.7. The third-order valence-electron chi connectivity index (χ3n) is 4.61. The highest BCUT2D eigenvalue weighted by Gasteiger charge is 2.33. The first kappa shape index (κ1) is 13.9. The highest BCUT2D eigenvalue weighted by molar-refractivity contribution is 5.86. The smallest absolute Gasteiger partial charge is 0.226 e. The molecule has 21 heavy (non-hydrogen) atoms. The van der Waals surface area contributed by atoms with Gasteiger partial charge in [-0.15, -0.1) is 0 Å². The Labute approximate surface area is 126 Å². The molecule has 1 aliphatic rings. The molecule has 0 atom stereocenters. The summed E-state index contributed by atoms with van der Waals surface area (Å²) >= 11 is 0. The molecular formula is C19H21NO. The molecule has 1 N–H and O–H groups in total. The van der Waals surface area contributed by atoms with Crippen molar-refractivity contribution in [1.82, 2.24) is 5.32 Å². The minimum Gasteiger partial charge on any atom is -0.345 e. The number of benzene rings is 2. The standard InChI is InChI=1S/C19H21NO/c1-4-19(2,3)18(21)20-17-15-11-7-5-9-13(15)14-10-6-8-12-16(14)17/h5-12,17H,4H2,1-3H3,(H,20,21). The molecule has 0 bridgehead atoms. The van der Waals surface area contributed by atoms with Crippen LogP contribution in [-0.2, 0) is 4.79 Å². The molecule has 108 valence electrons. The topological polar surface area (TPSA) is 29.1 Å². The van der Waals surface area contributed by atoms with E-state index in [9.17, 15) is 4.79 Å². The van der Waals surface area contributed by atoms with Gasteiger partial charge in [0, 0.05) is 5.41 Å². The van der Waals surface area contributed by atoms with Crippen LogP contribution in [0.5, 0.6) is 0 Å². The van der Waals surface area contributed by atoms with Gasteiger partial charge in [0.1, 0.15) is 0 Å². The van der Waals surface area contributed by atoms with Crippen molar-refractivity contribution in [2.75, 3.05) is 0 Å². The van der Waals surface area contributed by atoms with Crippen molar-refractivity contribution >= 4 is 5.91 Å². The molecule has 2 aromatic carbocycles. The Morgan fingerprint density at radius 2 is 1.48 bits per heavy atom. The summed E-state index contributed by atoms with van der Waals surface area (Å²) < 4.78 is 0. The number of carbonyl (C=O) groups excluding carboxylic acids is 1. The van der Waals surface area contributed by atoms with Crippen LogP contribution < -0.4 is 5.32 Å². The molecule has 2 heteroatoms. The summed E-state index contributed by atoms with van der Waals surface area (Å²) in [4.78, 5) is 12.6. The molecule has 0 aliphatic heterocycles. The van der Waals surface area contributed by atoms with Crippen molar-refractivity contribution < 1.29 is 4.79 Å². The van der Waals surface area contributed by atoms with Crippen LogP contribution in [0, 0.1) is 5.41 Å². The first-order chi connectivity index (χ1) is 10.0. The minimum absolute atomic E-state index is 0.0317. The predicted octanol–water partition coefficient (Wildman–Crippen LogP) is 4.31. The fourth-order valence-electron chi connectivity index (χ4n) is 2.80. The van der Waals surface area contributed by atoms with E-state index in [2.05, 4.69) is 48.6 Å². The van der Waals surface area contributed by atoms with Crippen molar-refractivity contribution in [2.24, 2.45) is 5.41 Å². The average molecular weight is 279 g/mol. The Hall–Kier alpha value is -2.09. The van der Waals surface area contributed by atoms with Gasteiger partial charge in [-0.05, 0) is 28.7 Å². The van der Waals surface area contributed by atoms with Crippen molar-refractivity contribution in [1.29, 1.82) is 0 Å². The number of hydrogen-bond donors (Lipinski definition) is 1. The van der Waals surface area contributed by atoms with E-state index in [1.54, 1.807) is 0 Å². The zero-order valence-electron chi connectivity index (χ0n) is 12.8. The van der Waals surface area contributed by atoms with Gasteiger partial charge in [0.2, 0.25) is 5.91 Å². The lowest BCUT2D eigenvalue weighted by Crippen LogP contribution is -2.38. The Balaban J connectivity index is 2.02. The Morgan fingerprint density at radius 3 is 1.95 bits per heavy atom. The summed E-state index contributed by atoms with van der Waals surface area (Å²) in [7, 11) is 0. The van der Waals surface area contributed by atoms with E-state index >= 15 is 0 Å². The van der Waals surface area contributed by atoms with E-state index in [4.69, 9.17) is 0 Å². The number of carbonyl (C=O) groups is 1. The second-order valence-corrected chi connectivity index (χ2v) is 6.32. The SMILES string of the molecule is CCC(C)(C)C(=O)NC1c2ccccc2-c2ccccc21. The molecule has 2 aromatic rings. The maximum absolute atomic E-state index is 12.6. The first-order valence-electron chi connectivity index (χ1n) is 7.54. The van der Waals surface area contributed by atoms with E-state index in [0.717, 1.165) is 6.42 Å². The van der Waals surface area contributed by atoms with Crippen molar-refractivity contribution in [3.05, 3.63) is 59.7 Å². The first-order valence-corrected chi connectivity index (χ1v) is 7.54. The summed E-state index contributed by atoms with van der Waals surface area (Å²) in [5.41, 5.74) is 4.50. The van der Waals surface area contributed by atoms with Crippen molar-refractivity contribution in [2.45, 2.75) is 33.2 Å². The second-order valence-electron chi connectivity index (χ2n) is 6.32. The lowest BCUT2D eigenvalue weighted by Gasteiger charge is -2.25. The summed E-state index contributed by atoms with van der Waals surface area (Å²) in [6.07, 6.45) is 0.828. The monoisotopic (exact) mass is 279 g/mol. The van der Waals surface area contributed by atoms with Gasteiger partial charge in [-0.3, -0.25) is 4.79 Å². The Bertz CT molecular complexity index is 642. The largest absolute Gasteiger partial charge is 0.345 e. The third kappa shape index (κ3) is 2.25. The molecule has 1 amide bonds. The highest BCUT2D eigenvalue weighted by Crippen LogP contribution is 2.43. The van der Waals surface area contributed by atoms with Crippen LogP contribution in [0.3, 0.4) is 0 Å². The number of amides is 1. The van der Waals surface area contributed by atoms with Crippen LogP contribution in [0.25, 0.3) is 11.1 Å². The van der Waals surface area contributed by atoms with Crippen molar-refractivity contribution in [3.63, 3.8) is 0 Å². The molecule has 0 fully saturated rings. The van der Waals surface area contributed by atoms with Gasteiger partial charge < -0.3 is 5.32 Å². The summed E-state index contributed by atoms with van der Waals surface area (Å²) in [6, 6.07) is 16.6. The lowest BCUT2D eigenvalue weighted by molar-refractivity contribution is -0.130. The Morgan fingerprint density at radius 1 is 1.00 bits per heavy atom. The second kappa shape index (κ2) is 5.03. The number of hydrogen-bond acceptors (Lipinski definition) is 1. The molecular weight excluding hydrogens is 258 g/mol. The average Bonchev–Trinajstić information content (AvgIpc) is 2.82. The molecule has 0 heterocycles. The van der Waals surface area contributed by atoms with Crippen LogP contribution >= 0.6 is 0 Å². The van der Waals surface area contributed by atoms with E-state index in [0.29, 0.717) is 0 Å². The quantitative estimate of drug-likeness (QED) is 0.891. The lowest BCUT2D eigenvalue weighted by atomic mass is 9.88. The fourth-order valence-corrected chi connectivity index (χ4v) is 2.80. The number of rotatable bonds is 3. The summed E-state index contributed by atoms with van der Waals surface area (Å²) in [5, 5.41) is 3.24. The van der Waals surface area contributed by atoms with E-state index in [1.165, 1.54) is 22.3 Å². The van der Waals surface area contributed by atoms with Gasteiger partial charge in [0.05, 0.1) is 6.04 Å². The predicted molar refractivity (Wildman–Crippen MR) is 85.9 cm³/mol. The van der Waals surface area contributed by atoms with Crippen LogP contribution in [-0.4, -0.2) is 5.91 Å². The fraction of sp³-hybridized carbons (Fsp3) is 0.316. The minimum atomic E-state index is -0.341. The van der Waals surface area contributed by atoms with Crippen LogP contribution in [0.2, 0.25) is 0 Å². The van der Waals surface area contributed by atoms with Gasteiger partial charge in [0.25, 0.3) is 0 Å². The van der Waals surface area contributed by atoms with E-state index in [1.807, 2.05) is 26.0 Å². The zero-order valence-corrected chi connectivity index (χ0v) is 12.8. The van der Waals surface area contributed by atoms with Gasteiger partial charge in [-0.2, -0.15) is 0 Å². The molecule has 0 aromatic heterocycles. The van der Waals surface area contributed by atoms with Crippen molar-refractivity contribution in [3.8, 4) is 11.1 Å². The van der Waals surface area contributed by atoms with Gasteiger partial charge in [0.15, 0.2) is 0 Å². The van der Waals surface area contributed by atoms with E-state index < -0.39 is 0 Å². The molecule has 2 nitrogen and oxygen atoms in total. The molecule has 0 unspecified atom stereocenters. The molecule has 0 saturated heterocycles. The Kier molecular flexibility index (Phi) is 3.32. The van der Waals surface area contributed by atoms with Crippen LogP contribution in [0.1, 0.15) is 44.4 Å². The van der Waals surface area contributed by atoms with Gasteiger partial charge in [-0.25, -0.2) is 0 Å². The summed E-state index contributed by atoms with van der Waals surface area (Å²) in [6.45, 7) is 6.04. The molecule has 0 spiro atoms. The van der Waals surface area contributed by atoms with Crippen LogP contribution in [0.4, 0.5) is 0 Å².